The Morgan fingerprint density at radius 3 is 2.11 bits per heavy atom. The first-order valence-electron chi connectivity index (χ1n) is 7.87. The van der Waals surface area contributed by atoms with E-state index in [1.807, 2.05) is 0 Å². The Morgan fingerprint density at radius 2 is 1.56 bits per heavy atom. The molecule has 2 unspecified atom stereocenters. The second-order valence-electron chi connectivity index (χ2n) is 5.11. The van der Waals surface area contributed by atoms with Crippen LogP contribution < -0.4 is 11.3 Å². The van der Waals surface area contributed by atoms with Gasteiger partial charge in [0.2, 0.25) is 0 Å². The first-order valence-corrected chi connectivity index (χ1v) is 7.87. The zero-order valence-corrected chi connectivity index (χ0v) is 12.7. The normalized spacial score (nSPS) is 14.7. The van der Waals surface area contributed by atoms with Crippen molar-refractivity contribution >= 4 is 0 Å². The number of nitrogens with one attached hydrogen (secondary N) is 1. The fourth-order valence-electron chi connectivity index (χ4n) is 2.42. The summed E-state index contributed by atoms with van der Waals surface area (Å²) in [5, 5.41) is 0. The average Bonchev–Trinajstić information content (AvgIpc) is 2.38. The summed E-state index contributed by atoms with van der Waals surface area (Å²) in [6.45, 7) is 7.29. The minimum Gasteiger partial charge on any atom is -0.377 e. The van der Waals surface area contributed by atoms with E-state index in [-0.39, 0.29) is 6.10 Å². The molecular formula is C15H34N2O. The van der Waals surface area contributed by atoms with Gasteiger partial charge in [-0.1, -0.05) is 58.8 Å². The summed E-state index contributed by atoms with van der Waals surface area (Å²) in [7, 11) is 0. The van der Waals surface area contributed by atoms with Crippen LogP contribution in [0.4, 0.5) is 0 Å². The van der Waals surface area contributed by atoms with E-state index in [1.165, 1.54) is 38.5 Å². The maximum absolute atomic E-state index is 5.79. The lowest BCUT2D eigenvalue weighted by molar-refractivity contribution is 0.0252. The van der Waals surface area contributed by atoms with E-state index in [9.17, 15) is 0 Å². The number of nitrogens with two attached hydrogens (primary N) is 1. The Bertz CT molecular complexity index is 159. The third-order valence-electron chi connectivity index (χ3n) is 3.49. The lowest BCUT2D eigenvalue weighted by atomic mass is 9.99. The second kappa shape index (κ2) is 13.3. The molecule has 0 aliphatic rings. The molecular weight excluding hydrogens is 224 g/mol. The van der Waals surface area contributed by atoms with Crippen LogP contribution in [0, 0.1) is 0 Å². The molecule has 0 fully saturated rings. The van der Waals surface area contributed by atoms with Gasteiger partial charge in [-0.15, -0.1) is 0 Å². The van der Waals surface area contributed by atoms with Crippen LogP contribution in [0.3, 0.4) is 0 Å². The molecule has 0 saturated carbocycles. The van der Waals surface area contributed by atoms with Crippen LogP contribution in [0.25, 0.3) is 0 Å². The summed E-state index contributed by atoms with van der Waals surface area (Å²) >= 11 is 0. The Morgan fingerprint density at radius 1 is 0.889 bits per heavy atom. The molecule has 0 spiro atoms. The van der Waals surface area contributed by atoms with E-state index >= 15 is 0 Å². The molecule has 0 saturated heterocycles. The quantitative estimate of drug-likeness (QED) is 0.300. The first kappa shape index (κ1) is 17.9. The Labute approximate surface area is 114 Å². The lowest BCUT2D eigenvalue weighted by Crippen LogP contribution is -2.45. The molecule has 0 aromatic rings. The highest BCUT2D eigenvalue weighted by atomic mass is 16.5. The monoisotopic (exact) mass is 258 g/mol. The van der Waals surface area contributed by atoms with Crippen LogP contribution in [0.15, 0.2) is 0 Å². The van der Waals surface area contributed by atoms with Gasteiger partial charge in [-0.3, -0.25) is 11.3 Å². The average molecular weight is 258 g/mol. The summed E-state index contributed by atoms with van der Waals surface area (Å²) in [6, 6.07) is 0.316. The number of hydrogen-bond acceptors (Lipinski definition) is 3. The van der Waals surface area contributed by atoms with Gasteiger partial charge >= 0.3 is 0 Å². The Hall–Kier alpha value is -0.120. The van der Waals surface area contributed by atoms with Gasteiger partial charge in [0, 0.05) is 12.6 Å². The zero-order chi connectivity index (χ0) is 13.6. The topological polar surface area (TPSA) is 47.3 Å². The lowest BCUT2D eigenvalue weighted by Gasteiger charge is -2.26. The maximum Gasteiger partial charge on any atom is 0.0741 e. The van der Waals surface area contributed by atoms with Crippen molar-refractivity contribution in [2.24, 2.45) is 5.84 Å². The fourth-order valence-corrected chi connectivity index (χ4v) is 2.42. The minimum absolute atomic E-state index is 0.278. The largest absolute Gasteiger partial charge is 0.377 e. The van der Waals surface area contributed by atoms with Crippen molar-refractivity contribution in [1.29, 1.82) is 0 Å². The zero-order valence-electron chi connectivity index (χ0n) is 12.7. The third kappa shape index (κ3) is 8.90. The molecule has 0 radical (unpaired) electrons. The summed E-state index contributed by atoms with van der Waals surface area (Å²) in [4.78, 5) is 0. The van der Waals surface area contributed by atoms with Crippen LogP contribution >= 0.6 is 0 Å². The maximum atomic E-state index is 5.79. The second-order valence-corrected chi connectivity index (χ2v) is 5.11. The van der Waals surface area contributed by atoms with Crippen LogP contribution in [0.5, 0.6) is 0 Å². The summed E-state index contributed by atoms with van der Waals surface area (Å²) in [5.41, 5.74) is 2.95. The van der Waals surface area contributed by atoms with Crippen molar-refractivity contribution in [2.75, 3.05) is 6.61 Å². The molecule has 0 heterocycles. The molecule has 0 aliphatic carbocycles. The van der Waals surface area contributed by atoms with Crippen molar-refractivity contribution in [1.82, 2.24) is 5.43 Å². The predicted octanol–water partition coefficient (Wildman–Crippen LogP) is 3.77. The molecule has 0 aromatic carbocycles. The number of ether oxygens (including phenoxy) is 1. The first-order chi connectivity index (χ1) is 8.79. The van der Waals surface area contributed by atoms with Gasteiger partial charge in [-0.05, 0) is 19.8 Å². The van der Waals surface area contributed by atoms with Crippen molar-refractivity contribution < 1.29 is 4.74 Å². The van der Waals surface area contributed by atoms with Crippen molar-refractivity contribution in [3.05, 3.63) is 0 Å². The highest BCUT2D eigenvalue weighted by Gasteiger charge is 2.19. The molecule has 0 aromatic heterocycles. The van der Waals surface area contributed by atoms with Crippen LogP contribution in [-0.2, 0) is 4.74 Å². The summed E-state index contributed by atoms with van der Waals surface area (Å²) < 4.78 is 5.79. The van der Waals surface area contributed by atoms with Crippen molar-refractivity contribution in [2.45, 2.75) is 90.7 Å². The van der Waals surface area contributed by atoms with E-state index < -0.39 is 0 Å². The van der Waals surface area contributed by atoms with Gasteiger partial charge in [0.15, 0.2) is 0 Å². The van der Waals surface area contributed by atoms with Gasteiger partial charge in [0.1, 0.15) is 0 Å². The molecule has 18 heavy (non-hydrogen) atoms. The fraction of sp³-hybridized carbons (Fsp3) is 1.00. The molecule has 0 aliphatic heterocycles. The smallest absolute Gasteiger partial charge is 0.0741 e. The van der Waals surface area contributed by atoms with E-state index in [1.54, 1.807) is 0 Å². The highest BCUT2D eigenvalue weighted by Crippen LogP contribution is 2.14. The number of hydrazine groups is 1. The van der Waals surface area contributed by atoms with Crippen LogP contribution in [0.2, 0.25) is 0 Å². The summed E-state index contributed by atoms with van der Waals surface area (Å²) in [6.07, 6.45) is 11.7. The Kier molecular flexibility index (Phi) is 13.2. The minimum atomic E-state index is 0.278. The van der Waals surface area contributed by atoms with E-state index in [0.717, 1.165) is 25.9 Å². The molecule has 2 atom stereocenters. The van der Waals surface area contributed by atoms with Crippen LogP contribution in [0.1, 0.15) is 78.6 Å². The molecule has 0 amide bonds. The van der Waals surface area contributed by atoms with Gasteiger partial charge in [0.25, 0.3) is 0 Å². The number of hydrogen-bond donors (Lipinski definition) is 2. The molecule has 3 N–H and O–H groups in total. The van der Waals surface area contributed by atoms with Gasteiger partial charge in [0.05, 0.1) is 6.10 Å². The standard InChI is InChI=1S/C15H34N2O/c1-4-7-8-9-10-11-13-14(17-16)15(12-5-2)18-6-3/h14-15,17H,4-13,16H2,1-3H3. The third-order valence-corrected chi connectivity index (χ3v) is 3.49. The van der Waals surface area contributed by atoms with E-state index in [4.69, 9.17) is 10.6 Å². The molecule has 3 heteroatoms. The number of rotatable bonds is 13. The summed E-state index contributed by atoms with van der Waals surface area (Å²) in [5.74, 6) is 5.67. The molecule has 110 valence electrons. The highest BCUT2D eigenvalue weighted by molar-refractivity contribution is 4.75. The van der Waals surface area contributed by atoms with E-state index in [2.05, 4.69) is 26.2 Å². The molecule has 0 bridgehead atoms. The van der Waals surface area contributed by atoms with Gasteiger partial charge in [-0.2, -0.15) is 0 Å². The molecule has 3 nitrogen and oxygen atoms in total. The number of unbranched alkanes of at least 4 members (excludes halogenated alkanes) is 5. The van der Waals surface area contributed by atoms with Crippen LogP contribution in [-0.4, -0.2) is 18.8 Å². The Balaban J connectivity index is 3.77. The van der Waals surface area contributed by atoms with Gasteiger partial charge < -0.3 is 4.74 Å². The van der Waals surface area contributed by atoms with E-state index in [0.29, 0.717) is 6.04 Å². The van der Waals surface area contributed by atoms with Crippen molar-refractivity contribution in [3.8, 4) is 0 Å². The van der Waals surface area contributed by atoms with Crippen molar-refractivity contribution in [3.63, 3.8) is 0 Å². The molecule has 0 rings (SSSR count). The predicted molar refractivity (Wildman–Crippen MR) is 79.4 cm³/mol. The SMILES string of the molecule is CCCCCCCCC(NN)C(CCC)OCC. The van der Waals surface area contributed by atoms with Gasteiger partial charge in [-0.25, -0.2) is 0 Å².